The minimum Gasteiger partial charge on any atom is -0.351 e. The number of urea groups is 1. The van der Waals surface area contributed by atoms with Gasteiger partial charge >= 0.3 is 6.03 Å². The predicted octanol–water partition coefficient (Wildman–Crippen LogP) is 6.19. The van der Waals surface area contributed by atoms with Gasteiger partial charge in [0.25, 0.3) is 0 Å². The van der Waals surface area contributed by atoms with Gasteiger partial charge in [-0.25, -0.2) is 4.79 Å². The Hall–Kier alpha value is -1.83. The van der Waals surface area contributed by atoms with Crippen molar-refractivity contribution >= 4 is 51.1 Å². The van der Waals surface area contributed by atoms with Gasteiger partial charge < -0.3 is 15.5 Å². The van der Waals surface area contributed by atoms with E-state index in [4.69, 9.17) is 33.9 Å². The van der Waals surface area contributed by atoms with Crippen molar-refractivity contribution in [2.24, 2.45) is 17.6 Å². The minimum absolute atomic E-state index is 0.129. The van der Waals surface area contributed by atoms with Crippen LogP contribution in [0.2, 0.25) is 10.0 Å². The monoisotopic (exact) mass is 606 g/mol. The Morgan fingerprint density at radius 2 is 1.59 bits per heavy atom. The fourth-order valence-electron chi connectivity index (χ4n) is 6.45. The van der Waals surface area contributed by atoms with E-state index < -0.39 is 0 Å². The largest absolute Gasteiger partial charge is 0.351 e. The van der Waals surface area contributed by atoms with Gasteiger partial charge in [0.15, 0.2) is 0 Å². The maximum atomic E-state index is 13.2. The molecule has 5 rings (SSSR count). The molecule has 6 nitrogen and oxygen atoms in total. The number of hydrogen-bond acceptors (Lipinski definition) is 3. The molecule has 3 heterocycles. The Morgan fingerprint density at radius 1 is 0.946 bits per heavy atom. The molecule has 1 atom stereocenters. The number of primary amides is 1. The van der Waals surface area contributed by atoms with Crippen molar-refractivity contribution in [2.75, 3.05) is 26.2 Å². The number of benzene rings is 1. The molecule has 3 amide bonds. The van der Waals surface area contributed by atoms with Gasteiger partial charge in [-0.15, -0.1) is 0 Å². The molecule has 1 aromatic heterocycles. The number of pyridine rings is 1. The van der Waals surface area contributed by atoms with E-state index in [2.05, 4.69) is 28.1 Å². The van der Waals surface area contributed by atoms with Gasteiger partial charge in [0.1, 0.15) is 0 Å². The van der Waals surface area contributed by atoms with Crippen LogP contribution in [0.15, 0.2) is 28.9 Å². The van der Waals surface area contributed by atoms with Gasteiger partial charge in [-0.05, 0) is 91.7 Å². The number of hydrogen-bond donors (Lipinski definition) is 1. The number of aryl methyl sites for hydroxylation is 2. The van der Waals surface area contributed by atoms with E-state index in [9.17, 15) is 9.59 Å². The quantitative estimate of drug-likeness (QED) is 0.452. The summed E-state index contributed by atoms with van der Waals surface area (Å²) in [6.45, 7) is 2.80. The lowest BCUT2D eigenvalue weighted by Crippen LogP contribution is -2.44. The normalized spacial score (nSPS) is 21.1. The average molecular weight is 608 g/mol. The highest BCUT2D eigenvalue weighted by molar-refractivity contribution is 9.10. The second-order valence-electron chi connectivity index (χ2n) is 10.7. The Bertz CT molecular complexity index is 1180. The second-order valence-corrected chi connectivity index (χ2v) is 12.4. The number of aromatic nitrogens is 1. The van der Waals surface area contributed by atoms with Crippen LogP contribution in [-0.2, 0) is 17.6 Å². The summed E-state index contributed by atoms with van der Waals surface area (Å²) in [5, 5.41) is 1.42. The first-order valence-corrected chi connectivity index (χ1v) is 14.8. The molecule has 0 bridgehead atoms. The topological polar surface area (TPSA) is 79.5 Å². The summed E-state index contributed by atoms with van der Waals surface area (Å²) >= 11 is 16.6. The summed E-state index contributed by atoms with van der Waals surface area (Å²) < 4.78 is 1.03. The van der Waals surface area contributed by atoms with E-state index in [1.54, 1.807) is 11.1 Å². The van der Waals surface area contributed by atoms with Crippen LogP contribution in [0.4, 0.5) is 4.79 Å². The van der Waals surface area contributed by atoms with Crippen LogP contribution in [0.25, 0.3) is 0 Å². The van der Waals surface area contributed by atoms with Crippen LogP contribution in [0.1, 0.15) is 66.8 Å². The zero-order valence-electron chi connectivity index (χ0n) is 20.9. The van der Waals surface area contributed by atoms with E-state index in [1.165, 1.54) is 16.7 Å². The molecule has 198 valence electrons. The maximum Gasteiger partial charge on any atom is 0.314 e. The van der Waals surface area contributed by atoms with E-state index in [-0.39, 0.29) is 17.9 Å². The van der Waals surface area contributed by atoms with Crippen molar-refractivity contribution in [3.63, 3.8) is 0 Å². The van der Waals surface area contributed by atoms with Crippen LogP contribution in [-0.4, -0.2) is 52.9 Å². The third kappa shape index (κ3) is 5.94. The number of likely N-dealkylation sites (tertiary alicyclic amines) is 2. The predicted molar refractivity (Wildman–Crippen MR) is 150 cm³/mol. The number of amides is 3. The lowest BCUT2D eigenvalue weighted by Gasteiger charge is -2.39. The molecule has 1 aliphatic carbocycles. The summed E-state index contributed by atoms with van der Waals surface area (Å²) in [5.74, 6) is 1.04. The molecule has 9 heteroatoms. The molecule has 2 fully saturated rings. The lowest BCUT2D eigenvalue weighted by atomic mass is 9.73. The lowest BCUT2D eigenvalue weighted by molar-refractivity contribution is -0.134. The molecule has 1 unspecified atom stereocenters. The summed E-state index contributed by atoms with van der Waals surface area (Å²) in [6.07, 6.45) is 8.77. The molecular weight excluding hydrogens is 575 g/mol. The highest BCUT2D eigenvalue weighted by Crippen LogP contribution is 2.45. The van der Waals surface area contributed by atoms with Crippen molar-refractivity contribution in [3.8, 4) is 0 Å². The first-order chi connectivity index (χ1) is 17.8. The minimum atomic E-state index is -0.366. The Morgan fingerprint density at radius 3 is 2.30 bits per heavy atom. The summed E-state index contributed by atoms with van der Waals surface area (Å²) in [7, 11) is 0. The van der Waals surface area contributed by atoms with E-state index in [1.807, 2.05) is 11.0 Å². The van der Waals surface area contributed by atoms with Crippen LogP contribution in [0.3, 0.4) is 0 Å². The molecule has 0 spiro atoms. The van der Waals surface area contributed by atoms with Gasteiger partial charge in [-0.3, -0.25) is 9.78 Å². The van der Waals surface area contributed by atoms with Crippen LogP contribution in [0, 0.1) is 11.8 Å². The number of piperidine rings is 2. The number of nitrogens with two attached hydrogens (primary N) is 1. The molecule has 2 N–H and O–H groups in total. The number of carbonyl (C=O) groups excluding carboxylic acids is 2. The van der Waals surface area contributed by atoms with Crippen molar-refractivity contribution in [2.45, 2.75) is 57.3 Å². The van der Waals surface area contributed by atoms with E-state index >= 15 is 0 Å². The molecule has 1 aromatic carbocycles. The van der Waals surface area contributed by atoms with Gasteiger partial charge in [0.2, 0.25) is 5.91 Å². The molecule has 2 aliphatic heterocycles. The molecule has 2 saturated heterocycles. The molecule has 0 radical (unpaired) electrons. The van der Waals surface area contributed by atoms with Crippen molar-refractivity contribution < 1.29 is 9.59 Å². The maximum absolute atomic E-state index is 13.2. The molecule has 3 aliphatic rings. The number of halogens is 3. The smallest absolute Gasteiger partial charge is 0.314 e. The Labute approximate surface area is 237 Å². The van der Waals surface area contributed by atoms with Crippen LogP contribution < -0.4 is 5.73 Å². The van der Waals surface area contributed by atoms with Crippen molar-refractivity contribution in [3.05, 3.63) is 61.3 Å². The van der Waals surface area contributed by atoms with Gasteiger partial charge in [-0.1, -0.05) is 39.1 Å². The Balaban J connectivity index is 1.32. The molecule has 0 saturated carbocycles. The summed E-state index contributed by atoms with van der Waals surface area (Å²) in [4.78, 5) is 33.1. The fourth-order valence-corrected chi connectivity index (χ4v) is 7.75. The number of fused-ring (bicyclic) bond motifs is 2. The van der Waals surface area contributed by atoms with E-state index in [0.717, 1.165) is 73.2 Å². The van der Waals surface area contributed by atoms with Gasteiger partial charge in [-0.2, -0.15) is 0 Å². The summed E-state index contributed by atoms with van der Waals surface area (Å²) in [5.41, 5.74) is 10.3. The fraction of sp³-hybridized carbons (Fsp3) is 0.536. The van der Waals surface area contributed by atoms with E-state index in [0.29, 0.717) is 36.4 Å². The second kappa shape index (κ2) is 11.5. The molecular formula is C28H33BrCl2N4O2. The first kappa shape index (κ1) is 26.8. The average Bonchev–Trinajstić information content (AvgIpc) is 2.86. The Kier molecular flexibility index (Phi) is 8.32. The zero-order valence-corrected chi connectivity index (χ0v) is 24.0. The van der Waals surface area contributed by atoms with Gasteiger partial charge in [0.05, 0.1) is 10.7 Å². The first-order valence-electron chi connectivity index (χ1n) is 13.2. The van der Waals surface area contributed by atoms with Crippen LogP contribution >= 0.6 is 39.1 Å². The molecule has 37 heavy (non-hydrogen) atoms. The summed E-state index contributed by atoms with van der Waals surface area (Å²) in [6, 6.07) is 5.81. The van der Waals surface area contributed by atoms with Crippen LogP contribution in [0.5, 0.6) is 0 Å². The standard InChI is InChI=1S/C28H33BrCl2N4O2/c29-23-15-21(30)13-19-2-1-3-20-14-22(31)16-33-27(20)26(25(19)23)18-6-10-34(11-7-18)24(36)12-17-4-8-35(9-5-17)28(32)37/h13-18,26H,1-12H2,(H2,32,37). The zero-order chi connectivity index (χ0) is 26.1. The molecule has 2 aromatic rings. The number of rotatable bonds is 3. The number of nitrogens with zero attached hydrogens (tertiary/aromatic N) is 3. The third-order valence-corrected chi connectivity index (χ3v) is 9.48. The number of carbonyl (C=O) groups is 2. The highest BCUT2D eigenvalue weighted by atomic mass is 79.9. The SMILES string of the molecule is NC(=O)N1CCC(CC(=O)N2CCC(C3c4ncc(Cl)cc4CCCc4cc(Cl)cc(Br)c43)CC2)CC1. The third-order valence-electron chi connectivity index (χ3n) is 8.40. The van der Waals surface area contributed by atoms with Crippen molar-refractivity contribution in [1.29, 1.82) is 0 Å². The highest BCUT2D eigenvalue weighted by Gasteiger charge is 2.36. The van der Waals surface area contributed by atoms with Gasteiger partial charge in [0, 0.05) is 54.2 Å². The van der Waals surface area contributed by atoms with Crippen molar-refractivity contribution in [1.82, 2.24) is 14.8 Å².